The molecule has 0 bridgehead atoms. The van der Waals surface area contributed by atoms with Crippen LogP contribution in [0.3, 0.4) is 0 Å². The summed E-state index contributed by atoms with van der Waals surface area (Å²) in [4.78, 5) is 17.4. The first-order chi connectivity index (χ1) is 9.60. The number of carbonyl (C=O) groups is 1. The molecular weight excluding hydrogens is 296 g/mol. The minimum absolute atomic E-state index is 0.0158. The highest BCUT2D eigenvalue weighted by molar-refractivity contribution is 7.17. The Bertz CT molecular complexity index is 654. The van der Waals surface area contributed by atoms with E-state index in [2.05, 4.69) is 4.98 Å². The molecule has 0 spiro atoms. The number of hydrogen-bond donors (Lipinski definition) is 1. The lowest BCUT2D eigenvalue weighted by Gasteiger charge is -2.32. The van der Waals surface area contributed by atoms with E-state index in [1.54, 1.807) is 12.1 Å². The van der Waals surface area contributed by atoms with E-state index >= 15 is 0 Å². The Morgan fingerprint density at radius 2 is 2.15 bits per heavy atom. The number of rotatable bonds is 2. The Balaban J connectivity index is 2.01. The number of thiazole rings is 1. The molecule has 0 radical (unpaired) electrons. The van der Waals surface area contributed by atoms with Gasteiger partial charge in [0.1, 0.15) is 22.1 Å². The number of halogens is 1. The Morgan fingerprint density at radius 1 is 1.45 bits per heavy atom. The van der Waals surface area contributed by atoms with Crippen molar-refractivity contribution in [2.45, 2.75) is 25.9 Å². The van der Waals surface area contributed by atoms with Crippen molar-refractivity contribution in [1.82, 2.24) is 4.98 Å². The predicted molar refractivity (Wildman–Crippen MR) is 79.0 cm³/mol. The average Bonchev–Trinajstić information content (AvgIpc) is 2.84. The van der Waals surface area contributed by atoms with Crippen molar-refractivity contribution in [3.63, 3.8) is 0 Å². The van der Waals surface area contributed by atoms with Crippen LogP contribution in [0, 0.1) is 5.21 Å². The summed E-state index contributed by atoms with van der Waals surface area (Å²) < 4.78 is 0. The normalized spacial score (nSPS) is 21.9. The first kappa shape index (κ1) is 13.7. The summed E-state index contributed by atoms with van der Waals surface area (Å²) in [5, 5.41) is 13.3. The van der Waals surface area contributed by atoms with Gasteiger partial charge in [-0.2, -0.15) is 0 Å². The molecule has 2 unspecified atom stereocenters. The minimum Gasteiger partial charge on any atom is -0.633 e. The molecule has 2 atom stereocenters. The Labute approximate surface area is 125 Å². The number of hydrogen-bond acceptors (Lipinski definition) is 4. The molecule has 0 amide bonds. The number of ketones is 1. The monoisotopic (exact) mass is 308 g/mol. The molecule has 0 aliphatic carbocycles. The first-order valence-corrected chi connectivity index (χ1v) is 7.62. The molecule has 1 aliphatic heterocycles. The smallest absolute Gasteiger partial charge is 0.232 e. The third-order valence-corrected chi connectivity index (χ3v) is 4.88. The fraction of sp³-hybridized carbons (Fsp3) is 0.286. The van der Waals surface area contributed by atoms with Gasteiger partial charge in [-0.05, 0) is 12.1 Å². The highest BCUT2D eigenvalue weighted by Gasteiger charge is 2.35. The van der Waals surface area contributed by atoms with Gasteiger partial charge in [0.2, 0.25) is 5.78 Å². The molecule has 2 aromatic rings. The van der Waals surface area contributed by atoms with Gasteiger partial charge < -0.3 is 10.3 Å². The largest absolute Gasteiger partial charge is 0.633 e. The molecule has 4 nitrogen and oxygen atoms in total. The highest BCUT2D eigenvalue weighted by atomic mass is 35.5. The summed E-state index contributed by atoms with van der Waals surface area (Å²) in [5.41, 5.74) is 1.54. The molecule has 1 aromatic heterocycles. The van der Waals surface area contributed by atoms with E-state index in [-0.39, 0.29) is 17.4 Å². The van der Waals surface area contributed by atoms with Crippen LogP contribution >= 0.6 is 22.9 Å². The van der Waals surface area contributed by atoms with Crippen molar-refractivity contribution in [2.24, 2.45) is 0 Å². The van der Waals surface area contributed by atoms with Gasteiger partial charge in [-0.25, -0.2) is 4.98 Å². The molecule has 2 heterocycles. The zero-order valence-electron chi connectivity index (χ0n) is 10.9. The summed E-state index contributed by atoms with van der Waals surface area (Å²) in [6.45, 7) is 2.14. The first-order valence-electron chi connectivity index (χ1n) is 6.42. The number of nitrogens with one attached hydrogen (secondary N) is 1. The fourth-order valence-electron chi connectivity index (χ4n) is 2.39. The SMILES string of the molecule is CCC1C(=O)c2sc(-c3ccc(Cl)cc3)nc2C[NH+]1[O-]. The second kappa shape index (κ2) is 5.26. The summed E-state index contributed by atoms with van der Waals surface area (Å²) in [6, 6.07) is 6.84. The Morgan fingerprint density at radius 3 is 2.80 bits per heavy atom. The number of nitrogens with zero attached hydrogens (tertiary/aromatic N) is 1. The molecule has 104 valence electrons. The van der Waals surface area contributed by atoms with E-state index in [1.807, 2.05) is 19.1 Å². The molecular formula is C14H13ClN2O2S. The maximum Gasteiger partial charge on any atom is 0.232 e. The Hall–Kier alpha value is -1.27. The lowest BCUT2D eigenvalue weighted by Crippen LogP contribution is -3.12. The zero-order valence-corrected chi connectivity index (χ0v) is 12.4. The average molecular weight is 309 g/mol. The lowest BCUT2D eigenvalue weighted by atomic mass is 10.0. The van der Waals surface area contributed by atoms with Gasteiger partial charge in [-0.3, -0.25) is 4.79 Å². The third kappa shape index (κ3) is 2.27. The molecule has 0 fully saturated rings. The second-order valence-corrected chi connectivity index (χ2v) is 6.21. The van der Waals surface area contributed by atoms with Gasteiger partial charge in [0.05, 0.1) is 0 Å². The topological polar surface area (TPSA) is 57.5 Å². The van der Waals surface area contributed by atoms with Crippen LogP contribution < -0.4 is 5.06 Å². The van der Waals surface area contributed by atoms with Crippen molar-refractivity contribution in [2.75, 3.05) is 0 Å². The number of aromatic nitrogens is 1. The van der Waals surface area contributed by atoms with Crippen LogP contribution in [0.15, 0.2) is 24.3 Å². The molecule has 1 N–H and O–H groups in total. The maximum absolute atomic E-state index is 12.3. The zero-order chi connectivity index (χ0) is 14.3. The van der Waals surface area contributed by atoms with Crippen molar-refractivity contribution in [3.05, 3.63) is 45.1 Å². The van der Waals surface area contributed by atoms with E-state index in [9.17, 15) is 10.0 Å². The molecule has 1 aromatic carbocycles. The van der Waals surface area contributed by atoms with Crippen LogP contribution in [0.1, 0.15) is 28.7 Å². The summed E-state index contributed by atoms with van der Waals surface area (Å²) in [7, 11) is 0. The fourth-order valence-corrected chi connectivity index (χ4v) is 3.59. The van der Waals surface area contributed by atoms with E-state index in [1.165, 1.54) is 11.3 Å². The minimum atomic E-state index is -0.485. The maximum atomic E-state index is 12.3. The quantitative estimate of drug-likeness (QED) is 0.866. The number of Topliss-reactive ketones (excluding diaryl/α,β-unsaturated/α-hetero) is 1. The van der Waals surface area contributed by atoms with Crippen LogP contribution in [-0.4, -0.2) is 16.8 Å². The standard InChI is InChI=1S/C14H13ClN2O2S/c1-2-11-12(18)13-10(7-17(11)19)16-14(20-13)8-3-5-9(15)6-4-8/h3-6,11,17H,2,7H2,1H3. The number of quaternary nitrogens is 1. The molecule has 3 rings (SSSR count). The third-order valence-electron chi connectivity index (χ3n) is 3.47. The number of carbonyl (C=O) groups excluding carboxylic acids is 1. The summed E-state index contributed by atoms with van der Waals surface area (Å²) in [6.07, 6.45) is 0.561. The van der Waals surface area contributed by atoms with Crippen molar-refractivity contribution >= 4 is 28.7 Å². The van der Waals surface area contributed by atoms with Crippen molar-refractivity contribution < 1.29 is 9.86 Å². The van der Waals surface area contributed by atoms with E-state index in [0.29, 0.717) is 22.0 Å². The summed E-state index contributed by atoms with van der Waals surface area (Å²) >= 11 is 7.23. The van der Waals surface area contributed by atoms with Crippen LogP contribution in [0.5, 0.6) is 0 Å². The molecule has 0 saturated carbocycles. The number of benzene rings is 1. The van der Waals surface area contributed by atoms with E-state index < -0.39 is 6.04 Å². The van der Waals surface area contributed by atoms with Gasteiger partial charge in [-0.15, -0.1) is 11.3 Å². The second-order valence-electron chi connectivity index (χ2n) is 4.77. The van der Waals surface area contributed by atoms with Gasteiger partial charge in [0.25, 0.3) is 0 Å². The van der Waals surface area contributed by atoms with Gasteiger partial charge in [0.15, 0.2) is 6.04 Å². The van der Waals surface area contributed by atoms with Gasteiger partial charge in [0, 0.05) is 17.0 Å². The number of hydroxylamine groups is 2. The predicted octanol–water partition coefficient (Wildman–Crippen LogP) is 2.32. The molecule has 0 saturated heterocycles. The van der Waals surface area contributed by atoms with Crippen LogP contribution in [0.2, 0.25) is 5.02 Å². The molecule has 6 heteroatoms. The molecule has 1 aliphatic rings. The lowest BCUT2D eigenvalue weighted by molar-refractivity contribution is -0.880. The summed E-state index contributed by atoms with van der Waals surface area (Å²) in [5.74, 6) is -0.0727. The van der Waals surface area contributed by atoms with Crippen molar-refractivity contribution in [1.29, 1.82) is 0 Å². The van der Waals surface area contributed by atoms with Crippen LogP contribution in [-0.2, 0) is 6.54 Å². The van der Waals surface area contributed by atoms with Gasteiger partial charge in [-0.1, -0.05) is 30.7 Å². The molecule has 20 heavy (non-hydrogen) atoms. The highest BCUT2D eigenvalue weighted by Crippen LogP contribution is 2.31. The van der Waals surface area contributed by atoms with E-state index in [0.717, 1.165) is 10.6 Å². The van der Waals surface area contributed by atoms with Crippen LogP contribution in [0.4, 0.5) is 0 Å². The van der Waals surface area contributed by atoms with Gasteiger partial charge >= 0.3 is 0 Å². The van der Waals surface area contributed by atoms with E-state index in [4.69, 9.17) is 11.6 Å². The van der Waals surface area contributed by atoms with Crippen LogP contribution in [0.25, 0.3) is 10.6 Å². The Kier molecular flexibility index (Phi) is 3.60. The van der Waals surface area contributed by atoms with Crippen molar-refractivity contribution in [3.8, 4) is 10.6 Å². The number of fused-ring (bicyclic) bond motifs is 1.